The van der Waals surface area contributed by atoms with Crippen LogP contribution in [0.1, 0.15) is 102 Å². The van der Waals surface area contributed by atoms with Gasteiger partial charge in [0.05, 0.1) is 0 Å². The third-order valence-electron chi connectivity index (χ3n) is 5.99. The Morgan fingerprint density at radius 1 is 0.710 bits per heavy atom. The van der Waals surface area contributed by atoms with E-state index in [2.05, 4.69) is 19.9 Å². The SMILES string of the molecule is CCCCCCCCc1ccc2c(S(=O)(=O)O)c(CCCCCCCC)ccc2c1.[NaH]. The third kappa shape index (κ3) is 9.96. The first-order chi connectivity index (χ1) is 14.5. The molecule has 5 heteroatoms. The first-order valence-corrected chi connectivity index (χ1v) is 13.4. The van der Waals surface area contributed by atoms with Gasteiger partial charge in [-0.15, -0.1) is 0 Å². The molecule has 31 heavy (non-hydrogen) atoms. The van der Waals surface area contributed by atoms with E-state index in [4.69, 9.17) is 0 Å². The van der Waals surface area contributed by atoms with Crippen LogP contribution >= 0.6 is 0 Å². The molecule has 0 fully saturated rings. The van der Waals surface area contributed by atoms with Crippen molar-refractivity contribution in [3.63, 3.8) is 0 Å². The van der Waals surface area contributed by atoms with Crippen molar-refractivity contribution in [3.05, 3.63) is 41.5 Å². The molecule has 0 spiro atoms. The minimum atomic E-state index is -4.25. The van der Waals surface area contributed by atoms with Crippen LogP contribution in [0.4, 0.5) is 0 Å². The van der Waals surface area contributed by atoms with Crippen LogP contribution in [0.25, 0.3) is 10.8 Å². The van der Waals surface area contributed by atoms with E-state index < -0.39 is 10.1 Å². The van der Waals surface area contributed by atoms with E-state index in [-0.39, 0.29) is 34.5 Å². The summed E-state index contributed by atoms with van der Waals surface area (Å²) in [7, 11) is -4.25. The molecule has 0 aliphatic carbocycles. The fourth-order valence-corrected chi connectivity index (χ4v) is 5.22. The van der Waals surface area contributed by atoms with Crippen LogP contribution in [-0.2, 0) is 23.0 Å². The fraction of sp³-hybridized carbons (Fsp3) is 0.615. The molecular formula is C26H41NaO3S. The molecule has 0 aliphatic rings. The zero-order chi connectivity index (χ0) is 21.8. The molecule has 0 heterocycles. The number of benzene rings is 2. The fourth-order valence-electron chi connectivity index (χ4n) is 4.26. The Morgan fingerprint density at radius 2 is 1.26 bits per heavy atom. The van der Waals surface area contributed by atoms with Gasteiger partial charge in [-0.1, -0.05) is 108 Å². The summed E-state index contributed by atoms with van der Waals surface area (Å²) >= 11 is 0. The molecule has 1 N–H and O–H groups in total. The van der Waals surface area contributed by atoms with E-state index in [0.29, 0.717) is 11.8 Å². The molecule has 0 aromatic heterocycles. The molecule has 0 bridgehead atoms. The molecule has 0 amide bonds. The number of hydrogen-bond donors (Lipinski definition) is 1. The number of unbranched alkanes of at least 4 members (excludes halogenated alkanes) is 10. The number of hydrogen-bond acceptors (Lipinski definition) is 2. The summed E-state index contributed by atoms with van der Waals surface area (Å²) < 4.78 is 34.3. The zero-order valence-electron chi connectivity index (χ0n) is 19.0. The van der Waals surface area contributed by atoms with Crippen LogP contribution in [0.3, 0.4) is 0 Å². The average molecular weight is 457 g/mol. The zero-order valence-corrected chi connectivity index (χ0v) is 19.8. The number of rotatable bonds is 15. The van der Waals surface area contributed by atoms with Gasteiger partial charge in [0, 0.05) is 5.39 Å². The minimum absolute atomic E-state index is 0. The summed E-state index contributed by atoms with van der Waals surface area (Å²) in [5.74, 6) is 0. The van der Waals surface area contributed by atoms with Gasteiger partial charge in [0.1, 0.15) is 4.90 Å². The Hall–Kier alpha value is -0.390. The number of aryl methyl sites for hydroxylation is 2. The maximum absolute atomic E-state index is 12.2. The van der Waals surface area contributed by atoms with E-state index in [0.717, 1.165) is 36.6 Å². The van der Waals surface area contributed by atoms with Gasteiger partial charge in [-0.2, -0.15) is 8.42 Å². The van der Waals surface area contributed by atoms with E-state index >= 15 is 0 Å². The molecule has 2 rings (SSSR count). The molecule has 0 atom stereocenters. The van der Waals surface area contributed by atoms with Crippen LogP contribution in [0.15, 0.2) is 35.2 Å². The first-order valence-electron chi connectivity index (χ1n) is 12.0. The Morgan fingerprint density at radius 3 is 1.84 bits per heavy atom. The molecule has 3 nitrogen and oxygen atoms in total. The predicted octanol–water partition coefficient (Wildman–Crippen LogP) is 7.24. The molecule has 0 saturated heterocycles. The third-order valence-corrected chi connectivity index (χ3v) is 6.99. The second kappa shape index (κ2) is 15.4. The second-order valence-electron chi connectivity index (χ2n) is 8.62. The molecular weight excluding hydrogens is 415 g/mol. The van der Waals surface area contributed by atoms with Crippen LogP contribution in [0.2, 0.25) is 0 Å². The van der Waals surface area contributed by atoms with Crippen molar-refractivity contribution in [2.45, 2.75) is 109 Å². The van der Waals surface area contributed by atoms with E-state index in [1.807, 2.05) is 24.3 Å². The van der Waals surface area contributed by atoms with Crippen LogP contribution in [-0.4, -0.2) is 42.5 Å². The van der Waals surface area contributed by atoms with Gasteiger partial charge in [-0.05, 0) is 42.2 Å². The molecule has 170 valence electrons. The summed E-state index contributed by atoms with van der Waals surface area (Å²) in [5, 5.41) is 1.55. The Kier molecular flexibility index (Phi) is 14.3. The van der Waals surface area contributed by atoms with E-state index in [1.165, 1.54) is 63.4 Å². The maximum atomic E-state index is 12.2. The van der Waals surface area contributed by atoms with Gasteiger partial charge in [-0.3, -0.25) is 4.55 Å². The van der Waals surface area contributed by atoms with Gasteiger partial charge in [0.15, 0.2) is 0 Å². The molecule has 0 radical (unpaired) electrons. The van der Waals surface area contributed by atoms with Crippen molar-refractivity contribution >= 4 is 50.4 Å². The normalized spacial score (nSPS) is 11.6. The number of fused-ring (bicyclic) bond motifs is 1. The Bertz CT molecular complexity index is 878. The van der Waals surface area contributed by atoms with Gasteiger partial charge >= 0.3 is 29.6 Å². The second-order valence-corrected chi connectivity index (χ2v) is 9.98. The van der Waals surface area contributed by atoms with Gasteiger partial charge in [0.25, 0.3) is 10.1 Å². The topological polar surface area (TPSA) is 54.4 Å². The van der Waals surface area contributed by atoms with Crippen molar-refractivity contribution in [1.82, 2.24) is 0 Å². The Labute approximate surface area is 212 Å². The van der Waals surface area contributed by atoms with Gasteiger partial charge in [-0.25, -0.2) is 0 Å². The van der Waals surface area contributed by atoms with Crippen LogP contribution in [0.5, 0.6) is 0 Å². The first kappa shape index (κ1) is 28.6. The van der Waals surface area contributed by atoms with E-state index in [1.54, 1.807) is 0 Å². The van der Waals surface area contributed by atoms with Crippen molar-refractivity contribution < 1.29 is 13.0 Å². The van der Waals surface area contributed by atoms with Gasteiger partial charge in [0.2, 0.25) is 0 Å². The molecule has 0 aliphatic heterocycles. The van der Waals surface area contributed by atoms with Crippen molar-refractivity contribution in [3.8, 4) is 0 Å². The monoisotopic (exact) mass is 456 g/mol. The molecule has 2 aromatic rings. The van der Waals surface area contributed by atoms with Crippen molar-refractivity contribution in [2.24, 2.45) is 0 Å². The molecule has 0 saturated carbocycles. The summed E-state index contributed by atoms with van der Waals surface area (Å²) in [6, 6.07) is 9.91. The van der Waals surface area contributed by atoms with E-state index in [9.17, 15) is 13.0 Å². The molecule has 2 aromatic carbocycles. The van der Waals surface area contributed by atoms with Crippen LogP contribution in [0, 0.1) is 0 Å². The Balaban J connectivity index is 0.00000480. The predicted molar refractivity (Wildman–Crippen MR) is 135 cm³/mol. The van der Waals surface area contributed by atoms with Gasteiger partial charge < -0.3 is 0 Å². The quantitative estimate of drug-likeness (QED) is 0.174. The molecule has 0 unspecified atom stereocenters. The summed E-state index contributed by atoms with van der Waals surface area (Å²) in [5.41, 5.74) is 1.98. The average Bonchev–Trinajstić information content (AvgIpc) is 2.72. The van der Waals surface area contributed by atoms with Crippen molar-refractivity contribution in [1.29, 1.82) is 0 Å². The van der Waals surface area contributed by atoms with Crippen LogP contribution < -0.4 is 0 Å². The summed E-state index contributed by atoms with van der Waals surface area (Å²) in [4.78, 5) is 0.111. The standard InChI is InChI=1S/C26H40O3S.Na.H/c1-3-5-7-9-11-13-15-22-17-20-25-24(21-22)19-18-23(26(25)30(27,28)29)16-14-12-10-8-6-4-2;;/h17-21H,3-16H2,1-2H3,(H,27,28,29);;. The van der Waals surface area contributed by atoms with Crippen molar-refractivity contribution in [2.75, 3.05) is 0 Å². The summed E-state index contributed by atoms with van der Waals surface area (Å²) in [6.45, 7) is 4.43. The summed E-state index contributed by atoms with van der Waals surface area (Å²) in [6.07, 6.45) is 16.2.